The molecule has 0 aromatic rings. The summed E-state index contributed by atoms with van der Waals surface area (Å²) in [4.78, 5) is 13.4. The molecular weight excluding hydrogens is 1110 g/mol. The van der Waals surface area contributed by atoms with Crippen molar-refractivity contribution in [3.8, 4) is 0 Å². The Morgan fingerprint density at radius 2 is 0.767 bits per heavy atom. The molecule has 0 bridgehead atoms. The fourth-order valence-electron chi connectivity index (χ4n) is 11.9. The van der Waals surface area contributed by atoms with Crippen LogP contribution in [0.25, 0.3) is 0 Å². The average Bonchev–Trinajstić information content (AvgIpc) is 2.24. The molecule has 3 rings (SSSR count). The van der Waals surface area contributed by atoms with E-state index in [1.165, 1.54) is 161 Å². The monoisotopic (exact) mass is 1230 g/mol. The normalized spacial score (nSPS) is 28.9. The van der Waals surface area contributed by atoms with Gasteiger partial charge in [-0.25, -0.2) is 0 Å². The number of ether oxygens (including phenoxy) is 6. The number of aliphatic hydroxyl groups excluding tert-OH is 11. The highest BCUT2D eigenvalue weighted by Gasteiger charge is 2.53. The quantitative estimate of drug-likeness (QED) is 0.0200. The van der Waals surface area contributed by atoms with E-state index >= 15 is 0 Å². The maximum atomic E-state index is 13.4. The van der Waals surface area contributed by atoms with Gasteiger partial charge in [-0.15, -0.1) is 0 Å². The van der Waals surface area contributed by atoms with Crippen LogP contribution in [0.1, 0.15) is 264 Å². The van der Waals surface area contributed by atoms with Gasteiger partial charge >= 0.3 is 0 Å². The van der Waals surface area contributed by atoms with Crippen molar-refractivity contribution in [2.75, 3.05) is 26.4 Å². The van der Waals surface area contributed by atoms with Gasteiger partial charge in [0.05, 0.1) is 38.6 Å². The van der Waals surface area contributed by atoms with Crippen LogP contribution in [0.5, 0.6) is 0 Å². The van der Waals surface area contributed by atoms with Crippen molar-refractivity contribution < 1.29 is 89.4 Å². The number of unbranched alkanes of at least 4 members (excludes halogenated alkanes) is 33. The molecular formula is C67H125NO18. The smallest absolute Gasteiger partial charge is 0.220 e. The zero-order valence-corrected chi connectivity index (χ0v) is 53.3. The second-order valence-corrected chi connectivity index (χ2v) is 25.0. The summed E-state index contributed by atoms with van der Waals surface area (Å²) in [5.41, 5.74) is 0. The largest absolute Gasteiger partial charge is 0.394 e. The molecule has 3 heterocycles. The van der Waals surface area contributed by atoms with Crippen molar-refractivity contribution >= 4 is 5.91 Å². The van der Waals surface area contributed by atoms with Gasteiger partial charge in [0.15, 0.2) is 18.9 Å². The third-order valence-corrected chi connectivity index (χ3v) is 17.5. The Hall–Kier alpha value is -1.73. The van der Waals surface area contributed by atoms with E-state index in [1.54, 1.807) is 0 Å². The zero-order valence-electron chi connectivity index (χ0n) is 53.3. The number of hydrogen-bond acceptors (Lipinski definition) is 18. The number of allylic oxidation sites excluding steroid dienone is 4. The van der Waals surface area contributed by atoms with Crippen LogP contribution in [0.4, 0.5) is 0 Å². The predicted molar refractivity (Wildman–Crippen MR) is 333 cm³/mol. The van der Waals surface area contributed by atoms with Crippen LogP contribution in [-0.4, -0.2) is 193 Å². The lowest BCUT2D eigenvalue weighted by molar-refractivity contribution is -0.379. The number of carbonyl (C=O) groups excluding carboxylic acids is 1. The van der Waals surface area contributed by atoms with Crippen LogP contribution < -0.4 is 5.32 Å². The molecule has 3 aliphatic heterocycles. The van der Waals surface area contributed by atoms with E-state index in [4.69, 9.17) is 28.4 Å². The van der Waals surface area contributed by atoms with Crippen molar-refractivity contribution in [1.29, 1.82) is 0 Å². The summed E-state index contributed by atoms with van der Waals surface area (Å²) in [6.45, 7) is 1.78. The second-order valence-electron chi connectivity index (χ2n) is 25.0. The van der Waals surface area contributed by atoms with E-state index in [9.17, 15) is 61.0 Å². The SMILES string of the molecule is CCCCC/C=C\C/C=C\CCCCCCCC(=O)NC(COC1OC(CO)C(OC2OC(CO)C(OC3OC(CO)C(O)C(O)C3O)C(O)C2O)C(O)C1O)C(O)CCCCCCCCCCCCCCCCCCCCCCCCCCCC. The van der Waals surface area contributed by atoms with Crippen LogP contribution in [0.2, 0.25) is 0 Å². The average molecular weight is 1230 g/mol. The Bertz CT molecular complexity index is 1660. The first-order valence-electron chi connectivity index (χ1n) is 34.6. The van der Waals surface area contributed by atoms with Gasteiger partial charge in [-0.3, -0.25) is 4.79 Å². The van der Waals surface area contributed by atoms with Crippen LogP contribution in [-0.2, 0) is 33.2 Å². The fourth-order valence-corrected chi connectivity index (χ4v) is 11.9. The van der Waals surface area contributed by atoms with Gasteiger partial charge in [-0.2, -0.15) is 0 Å². The van der Waals surface area contributed by atoms with Crippen molar-refractivity contribution in [2.45, 2.75) is 369 Å². The number of aliphatic hydroxyl groups is 11. The molecule has 17 unspecified atom stereocenters. The standard InChI is InChI=1S/C67H125NO18/c1-3-5-7-9-11-13-15-17-19-20-21-22-23-24-25-26-27-28-29-31-32-34-36-38-40-42-44-51(72)50(68-55(73)45-43-41-39-37-35-33-30-18-16-14-12-10-8-6-4-2)49-81-65-61(79)58(76)63(53(47-70)83-65)86-67-62(80)59(77)64(54(48-71)84-67)85-66-60(78)57(75)56(74)52(46-69)82-66/h12,14,18,30,50-54,56-67,69-72,74-80H,3-11,13,15-17,19-29,31-49H2,1-2H3,(H,68,73)/b14-12-,30-18-. The highest BCUT2D eigenvalue weighted by Crippen LogP contribution is 2.33. The summed E-state index contributed by atoms with van der Waals surface area (Å²) < 4.78 is 34.4. The Kier molecular flexibility index (Phi) is 45.6. The molecule has 0 saturated carbocycles. The van der Waals surface area contributed by atoms with Crippen molar-refractivity contribution in [2.24, 2.45) is 0 Å². The first kappa shape index (κ1) is 78.5. The minimum absolute atomic E-state index is 0.252. The van der Waals surface area contributed by atoms with Gasteiger partial charge < -0.3 is 89.9 Å². The number of amides is 1. The lowest BCUT2D eigenvalue weighted by Crippen LogP contribution is -2.66. The van der Waals surface area contributed by atoms with E-state index in [0.29, 0.717) is 12.8 Å². The fraction of sp³-hybridized carbons (Fsp3) is 0.925. The molecule has 0 radical (unpaired) electrons. The lowest BCUT2D eigenvalue weighted by atomic mass is 9.96. The molecule has 1 amide bonds. The van der Waals surface area contributed by atoms with Crippen LogP contribution in [0.15, 0.2) is 24.3 Å². The van der Waals surface area contributed by atoms with Gasteiger partial charge in [0, 0.05) is 6.42 Å². The summed E-state index contributed by atoms with van der Waals surface area (Å²) in [5.74, 6) is -0.254. The molecule has 19 heteroatoms. The molecule has 19 nitrogen and oxygen atoms in total. The minimum atomic E-state index is -1.97. The van der Waals surface area contributed by atoms with Crippen LogP contribution in [0.3, 0.4) is 0 Å². The molecule has 3 fully saturated rings. The first-order chi connectivity index (χ1) is 41.8. The Morgan fingerprint density at radius 3 is 1.21 bits per heavy atom. The number of rotatable bonds is 53. The number of hydrogen-bond donors (Lipinski definition) is 12. The van der Waals surface area contributed by atoms with Crippen LogP contribution in [0, 0.1) is 0 Å². The summed E-state index contributed by atoms with van der Waals surface area (Å²) in [6, 6.07) is -0.894. The van der Waals surface area contributed by atoms with E-state index < -0.39 is 124 Å². The molecule has 0 aliphatic carbocycles. The Labute approximate surface area is 518 Å². The van der Waals surface area contributed by atoms with Gasteiger partial charge in [-0.1, -0.05) is 237 Å². The van der Waals surface area contributed by atoms with Crippen LogP contribution >= 0.6 is 0 Å². The van der Waals surface area contributed by atoms with Gasteiger partial charge in [0.25, 0.3) is 0 Å². The molecule has 0 spiro atoms. The molecule has 86 heavy (non-hydrogen) atoms. The summed E-state index contributed by atoms with van der Waals surface area (Å²) >= 11 is 0. The van der Waals surface area contributed by atoms with E-state index in [1.807, 2.05) is 0 Å². The first-order valence-corrected chi connectivity index (χ1v) is 34.6. The molecule has 12 N–H and O–H groups in total. The third-order valence-electron chi connectivity index (χ3n) is 17.5. The second kappa shape index (κ2) is 49.9. The predicted octanol–water partition coefficient (Wildman–Crippen LogP) is 8.66. The molecule has 0 aromatic heterocycles. The Balaban J connectivity index is 1.42. The van der Waals surface area contributed by atoms with E-state index in [2.05, 4.69) is 43.5 Å². The van der Waals surface area contributed by atoms with Crippen molar-refractivity contribution in [3.63, 3.8) is 0 Å². The van der Waals surface area contributed by atoms with Gasteiger partial charge in [0.1, 0.15) is 73.2 Å². The third kappa shape index (κ3) is 32.0. The van der Waals surface area contributed by atoms with E-state index in [0.717, 1.165) is 70.6 Å². The number of carbonyl (C=O) groups is 1. The Morgan fingerprint density at radius 1 is 0.419 bits per heavy atom. The van der Waals surface area contributed by atoms with Crippen molar-refractivity contribution in [1.82, 2.24) is 5.32 Å². The molecule has 506 valence electrons. The molecule has 0 aromatic carbocycles. The maximum Gasteiger partial charge on any atom is 0.220 e. The number of nitrogens with one attached hydrogen (secondary N) is 1. The van der Waals surface area contributed by atoms with E-state index in [-0.39, 0.29) is 18.9 Å². The lowest BCUT2D eigenvalue weighted by Gasteiger charge is -2.48. The topological polar surface area (TPSA) is 307 Å². The molecule has 3 aliphatic rings. The summed E-state index contributed by atoms with van der Waals surface area (Å²) in [7, 11) is 0. The highest BCUT2D eigenvalue weighted by atomic mass is 16.8. The zero-order chi connectivity index (χ0) is 62.6. The maximum absolute atomic E-state index is 13.4. The molecule has 17 atom stereocenters. The van der Waals surface area contributed by atoms with Gasteiger partial charge in [0.2, 0.25) is 5.91 Å². The van der Waals surface area contributed by atoms with Gasteiger partial charge in [-0.05, 0) is 44.9 Å². The van der Waals surface area contributed by atoms with Crippen molar-refractivity contribution in [3.05, 3.63) is 24.3 Å². The summed E-state index contributed by atoms with van der Waals surface area (Å²) in [6.07, 6.45) is 28.3. The molecule has 3 saturated heterocycles. The minimum Gasteiger partial charge on any atom is -0.394 e. The summed E-state index contributed by atoms with van der Waals surface area (Å²) in [5, 5.41) is 121. The highest BCUT2D eigenvalue weighted by molar-refractivity contribution is 5.76.